The summed E-state index contributed by atoms with van der Waals surface area (Å²) in [6.07, 6.45) is 1.82. The first kappa shape index (κ1) is 22.0. The van der Waals surface area contributed by atoms with Gasteiger partial charge in [0.2, 0.25) is 5.91 Å². The van der Waals surface area contributed by atoms with Crippen molar-refractivity contribution in [2.75, 3.05) is 12.4 Å². The molecule has 7 heteroatoms. The number of amides is 2. The Morgan fingerprint density at radius 3 is 2.39 bits per heavy atom. The number of halogens is 1. The van der Waals surface area contributed by atoms with Crippen LogP contribution in [0, 0.1) is 12.7 Å². The maximum absolute atomic E-state index is 13.5. The van der Waals surface area contributed by atoms with Gasteiger partial charge >= 0.3 is 0 Å². The number of benzene rings is 3. The van der Waals surface area contributed by atoms with Crippen LogP contribution in [0.2, 0.25) is 0 Å². The number of anilines is 1. The van der Waals surface area contributed by atoms with Gasteiger partial charge in [0, 0.05) is 24.4 Å². The lowest BCUT2D eigenvalue weighted by molar-refractivity contribution is -0.115. The number of rotatable bonds is 6. The molecule has 6 nitrogen and oxygen atoms in total. The largest absolute Gasteiger partial charge is 0.355 e. The Hall–Kier alpha value is -4.26. The van der Waals surface area contributed by atoms with Gasteiger partial charge in [-0.3, -0.25) is 9.59 Å². The summed E-state index contributed by atoms with van der Waals surface area (Å²) in [6.45, 7) is 1.82. The minimum Gasteiger partial charge on any atom is -0.355 e. The smallest absolute Gasteiger partial charge is 0.253 e. The summed E-state index contributed by atoms with van der Waals surface area (Å²) >= 11 is 0. The molecule has 2 amide bonds. The molecular weight excluding hydrogens is 419 g/mol. The van der Waals surface area contributed by atoms with Gasteiger partial charge in [0.05, 0.1) is 29.1 Å². The Kier molecular flexibility index (Phi) is 6.31. The van der Waals surface area contributed by atoms with Crippen molar-refractivity contribution >= 4 is 17.5 Å². The summed E-state index contributed by atoms with van der Waals surface area (Å²) in [5.74, 6) is -0.907. The maximum atomic E-state index is 13.5. The maximum Gasteiger partial charge on any atom is 0.253 e. The summed E-state index contributed by atoms with van der Waals surface area (Å²) in [5.41, 5.74) is 4.44. The Balaban J connectivity index is 1.67. The van der Waals surface area contributed by atoms with Crippen molar-refractivity contribution in [2.24, 2.45) is 0 Å². The molecule has 0 radical (unpaired) electrons. The van der Waals surface area contributed by atoms with Crippen molar-refractivity contribution < 1.29 is 14.0 Å². The molecule has 0 aliphatic carbocycles. The number of aromatic nitrogens is 2. The molecule has 0 aliphatic heterocycles. The first-order chi connectivity index (χ1) is 16.0. The van der Waals surface area contributed by atoms with Crippen LogP contribution in [0.1, 0.15) is 21.5 Å². The Labute approximate surface area is 191 Å². The van der Waals surface area contributed by atoms with Crippen molar-refractivity contribution in [2.45, 2.75) is 13.3 Å². The SMILES string of the molecule is CNC(=O)c1c(C)cccc1NC(=O)Cc1cn(-c2ccccc2)nc1-c1ccc(F)cc1. The number of hydrogen-bond acceptors (Lipinski definition) is 3. The van der Waals surface area contributed by atoms with E-state index in [-0.39, 0.29) is 24.1 Å². The number of nitrogens with one attached hydrogen (secondary N) is 2. The highest BCUT2D eigenvalue weighted by Crippen LogP contribution is 2.26. The number of para-hydroxylation sites is 1. The van der Waals surface area contributed by atoms with Gasteiger partial charge in [-0.2, -0.15) is 5.10 Å². The van der Waals surface area contributed by atoms with E-state index in [1.165, 1.54) is 12.1 Å². The number of nitrogens with zero attached hydrogens (tertiary/aromatic N) is 2. The Morgan fingerprint density at radius 1 is 0.970 bits per heavy atom. The molecule has 166 valence electrons. The fraction of sp³-hybridized carbons (Fsp3) is 0.115. The molecule has 0 fully saturated rings. The van der Waals surface area contributed by atoms with Gasteiger partial charge in [0.25, 0.3) is 5.91 Å². The summed E-state index contributed by atoms with van der Waals surface area (Å²) < 4.78 is 15.2. The van der Waals surface area contributed by atoms with E-state index in [2.05, 4.69) is 15.7 Å². The highest BCUT2D eigenvalue weighted by atomic mass is 19.1. The van der Waals surface area contributed by atoms with E-state index in [1.807, 2.05) is 43.3 Å². The predicted octanol–water partition coefficient (Wildman–Crippen LogP) is 4.53. The minimum atomic E-state index is -0.346. The fourth-order valence-electron chi connectivity index (χ4n) is 3.67. The van der Waals surface area contributed by atoms with Gasteiger partial charge in [-0.05, 0) is 55.0 Å². The van der Waals surface area contributed by atoms with Crippen molar-refractivity contribution in [3.05, 3.63) is 102 Å². The van der Waals surface area contributed by atoms with Gasteiger partial charge < -0.3 is 10.6 Å². The highest BCUT2D eigenvalue weighted by Gasteiger charge is 2.18. The van der Waals surface area contributed by atoms with E-state index in [4.69, 9.17) is 0 Å². The zero-order chi connectivity index (χ0) is 23.4. The van der Waals surface area contributed by atoms with E-state index < -0.39 is 0 Å². The highest BCUT2D eigenvalue weighted by molar-refractivity contribution is 6.05. The molecule has 33 heavy (non-hydrogen) atoms. The van der Waals surface area contributed by atoms with E-state index in [0.717, 1.165) is 11.3 Å². The van der Waals surface area contributed by atoms with Crippen LogP contribution >= 0.6 is 0 Å². The van der Waals surface area contributed by atoms with Crippen LogP contribution in [-0.4, -0.2) is 28.6 Å². The summed E-state index contributed by atoms with van der Waals surface area (Å²) in [7, 11) is 1.55. The minimum absolute atomic E-state index is 0.0284. The van der Waals surface area contributed by atoms with Gasteiger partial charge in [-0.1, -0.05) is 30.3 Å². The molecule has 0 unspecified atom stereocenters. The normalized spacial score (nSPS) is 10.6. The second-order valence-electron chi connectivity index (χ2n) is 7.59. The third kappa shape index (κ3) is 4.82. The molecule has 0 bridgehead atoms. The van der Waals surface area contributed by atoms with Crippen molar-refractivity contribution in [3.63, 3.8) is 0 Å². The zero-order valence-electron chi connectivity index (χ0n) is 18.3. The topological polar surface area (TPSA) is 76.0 Å². The van der Waals surface area contributed by atoms with Crippen LogP contribution in [0.5, 0.6) is 0 Å². The van der Waals surface area contributed by atoms with Crippen LogP contribution < -0.4 is 10.6 Å². The molecule has 4 rings (SSSR count). The monoisotopic (exact) mass is 442 g/mol. The van der Waals surface area contributed by atoms with Crippen LogP contribution in [0.4, 0.5) is 10.1 Å². The third-order valence-corrected chi connectivity index (χ3v) is 5.28. The quantitative estimate of drug-likeness (QED) is 0.461. The number of aryl methyl sites for hydroxylation is 1. The van der Waals surface area contributed by atoms with Gasteiger partial charge in [0.15, 0.2) is 0 Å². The number of hydrogen-bond donors (Lipinski definition) is 2. The lowest BCUT2D eigenvalue weighted by Gasteiger charge is -2.12. The summed E-state index contributed by atoms with van der Waals surface area (Å²) in [5, 5.41) is 10.1. The van der Waals surface area contributed by atoms with Gasteiger partial charge in [-0.25, -0.2) is 9.07 Å². The average Bonchev–Trinajstić information content (AvgIpc) is 3.23. The predicted molar refractivity (Wildman–Crippen MR) is 126 cm³/mol. The van der Waals surface area contributed by atoms with Crippen molar-refractivity contribution in [1.82, 2.24) is 15.1 Å². The summed E-state index contributed by atoms with van der Waals surface area (Å²) in [6, 6.07) is 20.8. The first-order valence-electron chi connectivity index (χ1n) is 10.5. The third-order valence-electron chi connectivity index (χ3n) is 5.28. The second-order valence-corrected chi connectivity index (χ2v) is 7.59. The van der Waals surface area contributed by atoms with Crippen molar-refractivity contribution in [3.8, 4) is 16.9 Å². The van der Waals surface area contributed by atoms with Crippen LogP contribution in [0.3, 0.4) is 0 Å². The lowest BCUT2D eigenvalue weighted by Crippen LogP contribution is -2.23. The van der Waals surface area contributed by atoms with E-state index in [1.54, 1.807) is 42.2 Å². The van der Waals surface area contributed by atoms with Gasteiger partial charge in [0.1, 0.15) is 5.82 Å². The van der Waals surface area contributed by atoms with Crippen LogP contribution in [-0.2, 0) is 11.2 Å². The standard InChI is InChI=1S/C26H23FN4O2/c1-17-7-6-10-22(24(17)26(33)28-2)29-23(32)15-19-16-31(21-8-4-3-5-9-21)30-25(19)18-11-13-20(27)14-12-18/h3-14,16H,15H2,1-2H3,(H,28,33)(H,29,32). The molecular formula is C26H23FN4O2. The Morgan fingerprint density at radius 2 is 1.70 bits per heavy atom. The number of carbonyl (C=O) groups is 2. The lowest BCUT2D eigenvalue weighted by atomic mass is 10.0. The van der Waals surface area contributed by atoms with E-state index in [9.17, 15) is 14.0 Å². The molecule has 0 saturated heterocycles. The molecule has 0 atom stereocenters. The van der Waals surface area contributed by atoms with Crippen LogP contribution in [0.25, 0.3) is 16.9 Å². The zero-order valence-corrected chi connectivity index (χ0v) is 18.3. The molecule has 3 aromatic carbocycles. The number of carbonyl (C=O) groups excluding carboxylic acids is 2. The second kappa shape index (κ2) is 9.48. The molecule has 0 saturated carbocycles. The average molecular weight is 442 g/mol. The van der Waals surface area contributed by atoms with E-state index in [0.29, 0.717) is 28.1 Å². The summed E-state index contributed by atoms with van der Waals surface area (Å²) in [4.78, 5) is 25.3. The molecule has 4 aromatic rings. The van der Waals surface area contributed by atoms with Gasteiger partial charge in [-0.15, -0.1) is 0 Å². The Bertz CT molecular complexity index is 1300. The molecule has 0 aliphatic rings. The fourth-order valence-corrected chi connectivity index (χ4v) is 3.67. The van der Waals surface area contributed by atoms with Crippen LogP contribution in [0.15, 0.2) is 79.0 Å². The first-order valence-corrected chi connectivity index (χ1v) is 10.5. The molecule has 1 aromatic heterocycles. The molecule has 1 heterocycles. The molecule has 2 N–H and O–H groups in total. The van der Waals surface area contributed by atoms with Crippen molar-refractivity contribution in [1.29, 1.82) is 0 Å². The van der Waals surface area contributed by atoms with E-state index >= 15 is 0 Å². The molecule has 0 spiro atoms.